The number of likely N-dealkylation sites (tertiary alicyclic amines) is 1. The lowest BCUT2D eigenvalue weighted by molar-refractivity contribution is -0.183. The average Bonchev–Trinajstić information content (AvgIpc) is 3.34. The number of likely N-dealkylation sites (N-methyl/N-ethyl adjacent to an activating group) is 1. The minimum atomic E-state index is -1.32. The van der Waals surface area contributed by atoms with Crippen molar-refractivity contribution in [3.05, 3.63) is 71.7 Å². The first-order chi connectivity index (χ1) is 17.7. The van der Waals surface area contributed by atoms with Crippen LogP contribution >= 0.6 is 0 Å². The van der Waals surface area contributed by atoms with E-state index >= 15 is 0 Å². The van der Waals surface area contributed by atoms with E-state index in [1.807, 2.05) is 56.3 Å². The van der Waals surface area contributed by atoms with Crippen LogP contribution in [0, 0.1) is 12.8 Å². The summed E-state index contributed by atoms with van der Waals surface area (Å²) < 4.78 is 1.61. The number of nitrogens with zero attached hydrogens (tertiary/aromatic N) is 5. The first-order valence-corrected chi connectivity index (χ1v) is 12.5. The van der Waals surface area contributed by atoms with E-state index < -0.39 is 18.3 Å². The predicted octanol–water partition coefficient (Wildman–Crippen LogP) is 2.21. The normalized spacial score (nSPS) is 18.8. The third kappa shape index (κ3) is 5.50. The number of rotatable bonds is 10. The molecule has 10 nitrogen and oxygen atoms in total. The van der Waals surface area contributed by atoms with Crippen molar-refractivity contribution in [3.8, 4) is 0 Å². The molecule has 0 saturated carbocycles. The molecule has 37 heavy (non-hydrogen) atoms. The van der Waals surface area contributed by atoms with Crippen LogP contribution in [-0.4, -0.2) is 63.1 Å². The maximum atomic E-state index is 13.7. The summed E-state index contributed by atoms with van der Waals surface area (Å²) in [5, 5.41) is 21.5. The Morgan fingerprint density at radius 2 is 1.97 bits per heavy atom. The van der Waals surface area contributed by atoms with Crippen LogP contribution in [0.4, 0.5) is 11.5 Å². The van der Waals surface area contributed by atoms with E-state index in [4.69, 9.17) is 0 Å². The Labute approximate surface area is 217 Å². The summed E-state index contributed by atoms with van der Waals surface area (Å²) in [4.78, 5) is 34.4. The Kier molecular flexibility index (Phi) is 7.89. The Balaban J connectivity index is 1.61. The van der Waals surface area contributed by atoms with Crippen LogP contribution in [-0.2, 0) is 23.1 Å². The van der Waals surface area contributed by atoms with Gasteiger partial charge < -0.3 is 15.3 Å². The number of aryl methyl sites for hydroxylation is 2. The number of anilines is 2. The third-order valence-corrected chi connectivity index (χ3v) is 6.86. The lowest BCUT2D eigenvalue weighted by Gasteiger charge is -2.49. The number of carbonyl (C=O) groups excluding carboxylic acids is 2. The molecule has 1 fully saturated rings. The van der Waals surface area contributed by atoms with Crippen LogP contribution in [0.1, 0.15) is 36.2 Å². The number of benzene rings is 1. The monoisotopic (exact) mass is 505 g/mol. The zero-order chi connectivity index (χ0) is 26.7. The fourth-order valence-electron chi connectivity index (χ4n) is 4.88. The molecule has 4 rings (SSSR count). The minimum Gasteiger partial charge on any atom is -0.373 e. The molecular weight excluding hydrogens is 470 g/mol. The number of hydrogen-bond acceptors (Lipinski definition) is 7. The van der Waals surface area contributed by atoms with Crippen molar-refractivity contribution in [2.75, 3.05) is 24.3 Å². The zero-order valence-corrected chi connectivity index (χ0v) is 21.9. The van der Waals surface area contributed by atoms with Gasteiger partial charge in [-0.25, -0.2) is 4.98 Å². The SMILES string of the molecule is CCC(NC(O)N1C(=O)[C@H](Cc2cc(C)nc(NC)c2)[C@H]1C(=O)N(C)c1cnn(C)c1)c1ccccc1. The molecule has 10 heteroatoms. The number of hydrogen-bond donors (Lipinski definition) is 3. The molecule has 3 N–H and O–H groups in total. The Bertz CT molecular complexity index is 1250. The first kappa shape index (κ1) is 26.3. The molecule has 2 amide bonds. The standard InChI is InChI=1S/C27H35N7O3/c1-6-22(19-10-8-7-9-11-19)31-27(37)34-24(26(36)33(5)20-15-29-32(4)16-20)21(25(34)35)13-18-12-17(2)30-23(14-18)28-3/h7-12,14-16,21-22,24,27,31,37H,6,13H2,1-5H3,(H,28,30)/t21-,22?,24+,27?/m1/s1. The molecule has 1 saturated heterocycles. The van der Waals surface area contributed by atoms with E-state index in [2.05, 4.69) is 20.7 Å². The van der Waals surface area contributed by atoms with Crippen molar-refractivity contribution in [1.29, 1.82) is 0 Å². The number of aromatic nitrogens is 3. The molecule has 2 unspecified atom stereocenters. The smallest absolute Gasteiger partial charge is 0.250 e. The molecule has 0 radical (unpaired) electrons. The van der Waals surface area contributed by atoms with Crippen molar-refractivity contribution in [2.45, 2.75) is 45.1 Å². The molecule has 3 aromatic rings. The van der Waals surface area contributed by atoms with Gasteiger partial charge in [-0.15, -0.1) is 0 Å². The quantitative estimate of drug-likeness (QED) is 0.286. The zero-order valence-electron chi connectivity index (χ0n) is 21.9. The maximum absolute atomic E-state index is 13.7. The fourth-order valence-corrected chi connectivity index (χ4v) is 4.88. The Morgan fingerprint density at radius 3 is 2.59 bits per heavy atom. The van der Waals surface area contributed by atoms with Gasteiger partial charge in [-0.05, 0) is 43.0 Å². The van der Waals surface area contributed by atoms with Gasteiger partial charge in [0, 0.05) is 39.1 Å². The van der Waals surface area contributed by atoms with Gasteiger partial charge in [0.25, 0.3) is 5.91 Å². The average molecular weight is 506 g/mol. The van der Waals surface area contributed by atoms with Gasteiger partial charge in [-0.2, -0.15) is 5.10 Å². The second-order valence-electron chi connectivity index (χ2n) is 9.43. The molecule has 0 bridgehead atoms. The molecule has 3 heterocycles. The summed E-state index contributed by atoms with van der Waals surface area (Å²) in [6.45, 7) is 3.89. The molecule has 4 atom stereocenters. The summed E-state index contributed by atoms with van der Waals surface area (Å²) in [6.07, 6.45) is 3.06. The lowest BCUT2D eigenvalue weighted by atomic mass is 9.81. The lowest BCUT2D eigenvalue weighted by Crippen LogP contribution is -2.72. The highest BCUT2D eigenvalue weighted by Crippen LogP contribution is 2.34. The molecular formula is C27H35N7O3. The number of nitrogens with one attached hydrogen (secondary N) is 2. The summed E-state index contributed by atoms with van der Waals surface area (Å²) in [7, 11) is 5.22. The van der Waals surface area contributed by atoms with Crippen molar-refractivity contribution < 1.29 is 14.7 Å². The number of aliphatic hydroxyl groups excluding tert-OH is 1. The van der Waals surface area contributed by atoms with E-state index in [1.165, 1.54) is 9.80 Å². The summed E-state index contributed by atoms with van der Waals surface area (Å²) >= 11 is 0. The second-order valence-corrected chi connectivity index (χ2v) is 9.43. The Hall–Kier alpha value is -3.76. The van der Waals surface area contributed by atoms with E-state index in [0.717, 1.165) is 16.8 Å². The first-order valence-electron chi connectivity index (χ1n) is 12.5. The molecule has 1 aliphatic heterocycles. The number of aliphatic hydroxyl groups is 1. The maximum Gasteiger partial charge on any atom is 0.250 e. The molecule has 196 valence electrons. The topological polar surface area (TPSA) is 116 Å². The molecule has 2 aromatic heterocycles. The van der Waals surface area contributed by atoms with E-state index in [-0.39, 0.29) is 17.9 Å². The summed E-state index contributed by atoms with van der Waals surface area (Å²) in [5.41, 5.74) is 3.32. The van der Waals surface area contributed by atoms with E-state index in [1.54, 1.807) is 38.2 Å². The van der Waals surface area contributed by atoms with Gasteiger partial charge in [0.05, 0.1) is 17.8 Å². The minimum absolute atomic E-state index is 0.184. The van der Waals surface area contributed by atoms with E-state index in [0.29, 0.717) is 24.3 Å². The number of β-lactam (4-membered cyclic amide) rings is 1. The number of carbonyl (C=O) groups is 2. The molecule has 1 aliphatic rings. The van der Waals surface area contributed by atoms with Gasteiger partial charge in [0.2, 0.25) is 5.91 Å². The van der Waals surface area contributed by atoms with Crippen LogP contribution in [0.15, 0.2) is 54.9 Å². The largest absolute Gasteiger partial charge is 0.373 e. The van der Waals surface area contributed by atoms with Gasteiger partial charge >= 0.3 is 0 Å². The van der Waals surface area contributed by atoms with Crippen molar-refractivity contribution in [1.82, 2.24) is 25.0 Å². The fraction of sp³-hybridized carbons (Fsp3) is 0.407. The molecule has 0 aliphatic carbocycles. The van der Waals surface area contributed by atoms with Gasteiger partial charge in [0.15, 0.2) is 6.35 Å². The highest BCUT2D eigenvalue weighted by atomic mass is 16.3. The van der Waals surface area contributed by atoms with Crippen LogP contribution in [0.3, 0.4) is 0 Å². The Morgan fingerprint density at radius 1 is 1.24 bits per heavy atom. The van der Waals surface area contributed by atoms with Crippen LogP contribution in [0.25, 0.3) is 0 Å². The van der Waals surface area contributed by atoms with Crippen LogP contribution < -0.4 is 15.5 Å². The second kappa shape index (κ2) is 11.1. The van der Waals surface area contributed by atoms with Crippen LogP contribution in [0.2, 0.25) is 0 Å². The van der Waals surface area contributed by atoms with Gasteiger partial charge in [0.1, 0.15) is 11.9 Å². The van der Waals surface area contributed by atoms with Crippen molar-refractivity contribution in [2.24, 2.45) is 13.0 Å². The molecule has 0 spiro atoms. The number of pyridine rings is 1. The summed E-state index contributed by atoms with van der Waals surface area (Å²) in [5.74, 6) is -0.483. The van der Waals surface area contributed by atoms with Gasteiger partial charge in [-0.1, -0.05) is 37.3 Å². The molecule has 1 aromatic carbocycles. The van der Waals surface area contributed by atoms with Crippen molar-refractivity contribution in [3.63, 3.8) is 0 Å². The highest BCUT2D eigenvalue weighted by molar-refractivity contribution is 6.06. The number of amides is 2. The van der Waals surface area contributed by atoms with E-state index in [9.17, 15) is 14.7 Å². The third-order valence-electron chi connectivity index (χ3n) is 6.86. The van der Waals surface area contributed by atoms with Crippen molar-refractivity contribution >= 4 is 23.3 Å². The predicted molar refractivity (Wildman–Crippen MR) is 142 cm³/mol. The summed E-state index contributed by atoms with van der Waals surface area (Å²) in [6, 6.07) is 12.5. The van der Waals surface area contributed by atoms with Gasteiger partial charge in [-0.3, -0.25) is 24.5 Å². The van der Waals surface area contributed by atoms with Crippen LogP contribution in [0.5, 0.6) is 0 Å². The highest BCUT2D eigenvalue weighted by Gasteiger charge is 2.55.